The van der Waals surface area contributed by atoms with Gasteiger partial charge in [-0.1, -0.05) is 12.1 Å². The Labute approximate surface area is 174 Å². The lowest BCUT2D eigenvalue weighted by atomic mass is 10.2. The van der Waals surface area contributed by atoms with Gasteiger partial charge in [-0.05, 0) is 67.6 Å². The van der Waals surface area contributed by atoms with E-state index >= 15 is 0 Å². The molecular weight excluding hydrogens is 384 g/mol. The normalized spacial score (nSPS) is 10.2. The van der Waals surface area contributed by atoms with E-state index in [1.165, 1.54) is 0 Å². The molecule has 0 saturated heterocycles. The van der Waals surface area contributed by atoms with Gasteiger partial charge in [-0.3, -0.25) is 9.59 Å². The Hall–Kier alpha value is -4.00. The maximum atomic E-state index is 12.1. The van der Waals surface area contributed by atoms with Crippen LogP contribution in [-0.2, 0) is 4.79 Å². The smallest absolute Gasteiger partial charge is 0.262 e. The Morgan fingerprint density at radius 3 is 2.07 bits per heavy atom. The topological polar surface area (TPSA) is 99.9 Å². The molecule has 7 heteroatoms. The van der Waals surface area contributed by atoms with Gasteiger partial charge in [0.2, 0.25) is 0 Å². The van der Waals surface area contributed by atoms with E-state index in [9.17, 15) is 9.59 Å². The number of amides is 2. The van der Waals surface area contributed by atoms with Gasteiger partial charge in [0.15, 0.2) is 6.61 Å². The van der Waals surface area contributed by atoms with Gasteiger partial charge in [0.25, 0.3) is 11.8 Å². The average molecular weight is 406 g/mol. The predicted molar refractivity (Wildman–Crippen MR) is 113 cm³/mol. The monoisotopic (exact) mass is 406 g/mol. The van der Waals surface area contributed by atoms with Crippen LogP contribution in [0.4, 0.5) is 5.69 Å². The molecule has 0 aliphatic rings. The molecule has 0 unspecified atom stereocenters. The van der Waals surface area contributed by atoms with Crippen LogP contribution in [0.15, 0.2) is 72.8 Å². The van der Waals surface area contributed by atoms with E-state index < -0.39 is 5.91 Å². The van der Waals surface area contributed by atoms with Crippen LogP contribution in [0.1, 0.15) is 17.3 Å². The number of anilines is 1. The van der Waals surface area contributed by atoms with E-state index in [0.717, 1.165) is 5.75 Å². The molecule has 154 valence electrons. The standard InChI is InChI=1S/C23H22N2O5/c1-2-28-17-11-13-19(14-12-17)30-18-9-7-16(8-10-18)25-22(26)15-29-21-6-4-3-5-20(21)23(24)27/h3-14H,2,15H2,1H3,(H2,24,27)(H,25,26). The summed E-state index contributed by atoms with van der Waals surface area (Å²) in [6.45, 7) is 2.28. The number of nitrogens with two attached hydrogens (primary N) is 1. The number of rotatable bonds is 9. The Kier molecular flexibility index (Phi) is 6.89. The molecule has 3 aromatic carbocycles. The average Bonchev–Trinajstić information content (AvgIpc) is 2.75. The van der Waals surface area contributed by atoms with Crippen LogP contribution in [0.25, 0.3) is 0 Å². The van der Waals surface area contributed by atoms with Crippen LogP contribution in [0, 0.1) is 0 Å². The molecule has 0 bridgehead atoms. The summed E-state index contributed by atoms with van der Waals surface area (Å²) >= 11 is 0. The number of nitrogens with one attached hydrogen (secondary N) is 1. The molecule has 0 saturated carbocycles. The second-order valence-corrected chi connectivity index (χ2v) is 6.23. The summed E-state index contributed by atoms with van der Waals surface area (Å²) in [7, 11) is 0. The molecular formula is C23H22N2O5. The minimum Gasteiger partial charge on any atom is -0.494 e. The number of ether oxygens (including phenoxy) is 3. The molecule has 0 aromatic heterocycles. The molecule has 3 N–H and O–H groups in total. The van der Waals surface area contributed by atoms with Crippen molar-refractivity contribution in [3.05, 3.63) is 78.4 Å². The van der Waals surface area contributed by atoms with Gasteiger partial charge in [0.1, 0.15) is 23.0 Å². The summed E-state index contributed by atoms with van der Waals surface area (Å²) in [5, 5.41) is 2.72. The van der Waals surface area contributed by atoms with Gasteiger partial charge in [0, 0.05) is 5.69 Å². The van der Waals surface area contributed by atoms with Crippen molar-refractivity contribution >= 4 is 17.5 Å². The van der Waals surface area contributed by atoms with Gasteiger partial charge in [0.05, 0.1) is 12.2 Å². The fourth-order valence-corrected chi connectivity index (χ4v) is 2.65. The fraction of sp³-hybridized carbons (Fsp3) is 0.130. The third-order valence-electron chi connectivity index (χ3n) is 4.02. The molecule has 2 amide bonds. The fourth-order valence-electron chi connectivity index (χ4n) is 2.65. The van der Waals surface area contributed by atoms with Crippen molar-refractivity contribution in [1.29, 1.82) is 0 Å². The number of hydrogen-bond donors (Lipinski definition) is 2. The number of benzene rings is 3. The van der Waals surface area contributed by atoms with E-state index in [1.54, 1.807) is 48.5 Å². The van der Waals surface area contributed by atoms with Crippen molar-refractivity contribution < 1.29 is 23.8 Å². The van der Waals surface area contributed by atoms with Crippen molar-refractivity contribution in [2.24, 2.45) is 5.73 Å². The van der Waals surface area contributed by atoms with Crippen LogP contribution in [-0.4, -0.2) is 25.0 Å². The molecule has 7 nitrogen and oxygen atoms in total. The second-order valence-electron chi connectivity index (χ2n) is 6.23. The molecule has 0 spiro atoms. The highest BCUT2D eigenvalue weighted by atomic mass is 16.5. The van der Waals surface area contributed by atoms with E-state index in [1.807, 2.05) is 31.2 Å². The first-order chi connectivity index (χ1) is 14.5. The van der Waals surface area contributed by atoms with Gasteiger partial charge >= 0.3 is 0 Å². The third kappa shape index (κ3) is 5.75. The van der Waals surface area contributed by atoms with Crippen LogP contribution in [0.5, 0.6) is 23.0 Å². The Bertz CT molecular complexity index is 1000. The van der Waals surface area contributed by atoms with Crippen LogP contribution in [0.3, 0.4) is 0 Å². The lowest BCUT2D eigenvalue weighted by Gasteiger charge is -2.11. The summed E-state index contributed by atoms with van der Waals surface area (Å²) < 4.78 is 16.6. The van der Waals surface area contributed by atoms with Crippen molar-refractivity contribution in [1.82, 2.24) is 0 Å². The number of carbonyl (C=O) groups excluding carboxylic acids is 2. The number of carbonyl (C=O) groups is 2. The minimum absolute atomic E-state index is 0.223. The summed E-state index contributed by atoms with van der Waals surface area (Å²) in [5.41, 5.74) is 6.11. The zero-order valence-corrected chi connectivity index (χ0v) is 16.5. The van der Waals surface area contributed by atoms with Gasteiger partial charge < -0.3 is 25.3 Å². The summed E-state index contributed by atoms with van der Waals surface area (Å²) in [5.74, 6) is 1.37. The Morgan fingerprint density at radius 2 is 1.43 bits per heavy atom. The molecule has 30 heavy (non-hydrogen) atoms. The third-order valence-corrected chi connectivity index (χ3v) is 4.02. The van der Waals surface area contributed by atoms with Gasteiger partial charge in [-0.2, -0.15) is 0 Å². The van der Waals surface area contributed by atoms with Crippen molar-refractivity contribution in [2.45, 2.75) is 6.92 Å². The first-order valence-corrected chi connectivity index (χ1v) is 9.37. The van der Waals surface area contributed by atoms with E-state index in [2.05, 4.69) is 5.32 Å². The molecule has 3 rings (SSSR count). The lowest BCUT2D eigenvalue weighted by Crippen LogP contribution is -2.21. The zero-order chi connectivity index (χ0) is 21.3. The van der Waals surface area contributed by atoms with E-state index in [0.29, 0.717) is 23.8 Å². The zero-order valence-electron chi connectivity index (χ0n) is 16.5. The highest BCUT2D eigenvalue weighted by Crippen LogP contribution is 2.25. The molecule has 0 fully saturated rings. The number of primary amides is 1. The van der Waals surface area contributed by atoms with Crippen LogP contribution >= 0.6 is 0 Å². The molecule has 0 heterocycles. The minimum atomic E-state index is -0.617. The highest BCUT2D eigenvalue weighted by molar-refractivity contribution is 5.96. The second kappa shape index (κ2) is 9.97. The maximum absolute atomic E-state index is 12.1. The largest absolute Gasteiger partial charge is 0.494 e. The van der Waals surface area contributed by atoms with Crippen LogP contribution < -0.4 is 25.3 Å². The molecule has 0 radical (unpaired) electrons. The van der Waals surface area contributed by atoms with Crippen molar-refractivity contribution in [3.8, 4) is 23.0 Å². The Balaban J connectivity index is 1.52. The first kappa shape index (κ1) is 20.7. The van der Waals surface area contributed by atoms with Crippen molar-refractivity contribution in [3.63, 3.8) is 0 Å². The van der Waals surface area contributed by atoms with E-state index in [4.69, 9.17) is 19.9 Å². The van der Waals surface area contributed by atoms with Crippen molar-refractivity contribution in [2.75, 3.05) is 18.5 Å². The summed E-state index contributed by atoms with van der Waals surface area (Å²) in [6.07, 6.45) is 0. The number of hydrogen-bond acceptors (Lipinski definition) is 5. The molecule has 3 aromatic rings. The highest BCUT2D eigenvalue weighted by Gasteiger charge is 2.10. The summed E-state index contributed by atoms with van der Waals surface area (Å²) in [6, 6.07) is 20.7. The number of para-hydroxylation sites is 1. The first-order valence-electron chi connectivity index (χ1n) is 9.37. The van der Waals surface area contributed by atoms with Gasteiger partial charge in [-0.25, -0.2) is 0 Å². The molecule has 0 aliphatic heterocycles. The van der Waals surface area contributed by atoms with Gasteiger partial charge in [-0.15, -0.1) is 0 Å². The molecule has 0 atom stereocenters. The van der Waals surface area contributed by atoms with Crippen LogP contribution in [0.2, 0.25) is 0 Å². The van der Waals surface area contributed by atoms with E-state index in [-0.39, 0.29) is 23.8 Å². The Morgan fingerprint density at radius 1 is 0.833 bits per heavy atom. The quantitative estimate of drug-likeness (QED) is 0.560. The SMILES string of the molecule is CCOc1ccc(Oc2ccc(NC(=O)COc3ccccc3C(N)=O)cc2)cc1. The maximum Gasteiger partial charge on any atom is 0.262 e. The predicted octanol–water partition coefficient (Wildman–Crippen LogP) is 3.99. The lowest BCUT2D eigenvalue weighted by molar-refractivity contribution is -0.118. The summed E-state index contributed by atoms with van der Waals surface area (Å²) in [4.78, 5) is 23.5. The molecule has 0 aliphatic carbocycles.